The van der Waals surface area contributed by atoms with Gasteiger partial charge in [-0.3, -0.25) is 24.1 Å². The van der Waals surface area contributed by atoms with Crippen LogP contribution in [0, 0.1) is 5.92 Å². The van der Waals surface area contributed by atoms with Crippen molar-refractivity contribution in [2.45, 2.75) is 25.7 Å². The molecule has 1 aromatic rings. The van der Waals surface area contributed by atoms with E-state index >= 15 is 0 Å². The maximum Gasteiger partial charge on any atom is 0.293 e. The lowest BCUT2D eigenvalue weighted by Crippen LogP contribution is -2.37. The number of nitrogens with zero attached hydrogens (tertiary/aromatic N) is 1. The highest BCUT2D eigenvalue weighted by atomic mass is 35.5. The van der Waals surface area contributed by atoms with Gasteiger partial charge in [0, 0.05) is 42.0 Å². The molecule has 2 fully saturated rings. The van der Waals surface area contributed by atoms with Crippen LogP contribution in [0.5, 0.6) is 0 Å². The van der Waals surface area contributed by atoms with E-state index in [-0.39, 0.29) is 42.1 Å². The Bertz CT molecular complexity index is 902. The molecule has 0 bridgehead atoms. The number of benzene rings is 1. The van der Waals surface area contributed by atoms with E-state index in [2.05, 4.69) is 10.6 Å². The zero-order chi connectivity index (χ0) is 21.7. The zero-order valence-electron chi connectivity index (χ0n) is 16.1. The fourth-order valence-electron chi connectivity index (χ4n) is 2.80. The SMILES string of the molecule is O=C(CCCNC(=O)C1CC1)NCCN1C(=O)S/C(=C\c2ccc(Cl)cc2Cl)C1=O. The molecule has 160 valence electrons. The number of halogens is 2. The molecule has 0 atom stereocenters. The van der Waals surface area contributed by atoms with Gasteiger partial charge < -0.3 is 10.6 Å². The second-order valence-electron chi connectivity index (χ2n) is 7.02. The second-order valence-corrected chi connectivity index (χ2v) is 8.85. The van der Waals surface area contributed by atoms with Gasteiger partial charge in [0.05, 0.1) is 4.91 Å². The average molecular weight is 470 g/mol. The summed E-state index contributed by atoms with van der Waals surface area (Å²) in [6, 6.07) is 4.88. The first-order valence-corrected chi connectivity index (χ1v) is 11.2. The smallest absolute Gasteiger partial charge is 0.293 e. The number of imide groups is 1. The molecule has 1 aliphatic heterocycles. The van der Waals surface area contributed by atoms with Crippen LogP contribution in [0.4, 0.5) is 4.79 Å². The van der Waals surface area contributed by atoms with E-state index in [9.17, 15) is 19.2 Å². The molecule has 0 radical (unpaired) electrons. The lowest BCUT2D eigenvalue weighted by Gasteiger charge is -2.13. The minimum absolute atomic E-state index is 0.0581. The summed E-state index contributed by atoms with van der Waals surface area (Å²) >= 11 is 12.8. The van der Waals surface area contributed by atoms with Gasteiger partial charge in [-0.15, -0.1) is 0 Å². The van der Waals surface area contributed by atoms with Crippen molar-refractivity contribution in [2.24, 2.45) is 5.92 Å². The number of hydrogen-bond acceptors (Lipinski definition) is 5. The molecule has 1 aliphatic carbocycles. The van der Waals surface area contributed by atoms with Gasteiger partial charge in [0.15, 0.2) is 0 Å². The molecular weight excluding hydrogens is 449 g/mol. The van der Waals surface area contributed by atoms with Crippen LogP contribution in [0.1, 0.15) is 31.2 Å². The Balaban J connectivity index is 1.41. The number of thioether (sulfide) groups is 1. The maximum absolute atomic E-state index is 12.5. The van der Waals surface area contributed by atoms with E-state index in [1.54, 1.807) is 24.3 Å². The summed E-state index contributed by atoms with van der Waals surface area (Å²) in [5.41, 5.74) is 0.591. The predicted octanol–water partition coefficient (Wildman–Crippen LogP) is 3.45. The third-order valence-corrected chi connectivity index (χ3v) is 6.08. The molecule has 3 rings (SSSR count). The van der Waals surface area contributed by atoms with Crippen molar-refractivity contribution in [3.05, 3.63) is 38.7 Å². The van der Waals surface area contributed by atoms with Crippen LogP contribution in [-0.4, -0.2) is 47.5 Å². The molecular formula is C20H21Cl2N3O4S. The number of hydrogen-bond donors (Lipinski definition) is 2. The van der Waals surface area contributed by atoms with Crippen molar-refractivity contribution >= 4 is 64.0 Å². The first kappa shape index (κ1) is 22.7. The summed E-state index contributed by atoms with van der Waals surface area (Å²) in [4.78, 5) is 49.4. The van der Waals surface area contributed by atoms with Crippen molar-refractivity contribution in [3.63, 3.8) is 0 Å². The van der Waals surface area contributed by atoms with Crippen LogP contribution in [-0.2, 0) is 14.4 Å². The van der Waals surface area contributed by atoms with Gasteiger partial charge in [-0.2, -0.15) is 0 Å². The van der Waals surface area contributed by atoms with Crippen molar-refractivity contribution in [2.75, 3.05) is 19.6 Å². The molecule has 1 saturated carbocycles. The number of rotatable bonds is 9. The molecule has 0 aromatic heterocycles. The standard InChI is InChI=1S/C20H21Cl2N3O4S/c21-14-6-5-13(15(22)11-14)10-16-19(28)25(20(29)30-16)9-8-23-17(26)2-1-7-24-18(27)12-3-4-12/h5-6,10-12H,1-4,7-9H2,(H,23,26)(H,24,27)/b16-10-. The molecule has 1 saturated heterocycles. The van der Waals surface area contributed by atoms with Gasteiger partial charge >= 0.3 is 0 Å². The van der Waals surface area contributed by atoms with Crippen LogP contribution < -0.4 is 10.6 Å². The summed E-state index contributed by atoms with van der Waals surface area (Å²) in [7, 11) is 0. The van der Waals surface area contributed by atoms with E-state index in [0.29, 0.717) is 28.6 Å². The summed E-state index contributed by atoms with van der Waals surface area (Å²) in [6.45, 7) is 0.713. The lowest BCUT2D eigenvalue weighted by atomic mass is 10.2. The average Bonchev–Trinajstić information content (AvgIpc) is 3.51. The van der Waals surface area contributed by atoms with Crippen LogP contribution >= 0.6 is 35.0 Å². The minimum atomic E-state index is -0.423. The van der Waals surface area contributed by atoms with Crippen LogP contribution in [0.15, 0.2) is 23.1 Å². The summed E-state index contributed by atoms with van der Waals surface area (Å²) < 4.78 is 0. The number of carbonyl (C=O) groups excluding carboxylic acids is 4. The molecule has 30 heavy (non-hydrogen) atoms. The van der Waals surface area contributed by atoms with Gasteiger partial charge in [-0.05, 0) is 54.8 Å². The molecule has 1 heterocycles. The third-order valence-electron chi connectivity index (χ3n) is 4.61. The van der Waals surface area contributed by atoms with Gasteiger partial charge in [-0.1, -0.05) is 29.3 Å². The number of carbonyl (C=O) groups is 4. The molecule has 1 aromatic carbocycles. The van der Waals surface area contributed by atoms with Crippen molar-refractivity contribution in [1.82, 2.24) is 15.5 Å². The summed E-state index contributed by atoms with van der Waals surface area (Å²) in [5, 5.41) is 5.96. The quantitative estimate of drug-likeness (QED) is 0.426. The van der Waals surface area contributed by atoms with Crippen molar-refractivity contribution in [1.29, 1.82) is 0 Å². The normalized spacial score (nSPS) is 17.5. The Morgan fingerprint density at radius 2 is 1.93 bits per heavy atom. The molecule has 0 unspecified atom stereocenters. The Labute approximate surface area is 188 Å². The van der Waals surface area contributed by atoms with E-state index < -0.39 is 11.1 Å². The molecule has 10 heteroatoms. The number of nitrogens with one attached hydrogen (secondary N) is 2. The second kappa shape index (κ2) is 10.3. The molecule has 4 amide bonds. The van der Waals surface area contributed by atoms with Gasteiger partial charge in [0.2, 0.25) is 11.8 Å². The first-order chi connectivity index (χ1) is 14.3. The van der Waals surface area contributed by atoms with Crippen LogP contribution in [0.3, 0.4) is 0 Å². The van der Waals surface area contributed by atoms with E-state index in [1.165, 1.54) is 0 Å². The molecule has 2 N–H and O–H groups in total. The van der Waals surface area contributed by atoms with Gasteiger partial charge in [0.1, 0.15) is 0 Å². The number of amides is 4. The van der Waals surface area contributed by atoms with Crippen LogP contribution in [0.2, 0.25) is 10.0 Å². The van der Waals surface area contributed by atoms with Gasteiger partial charge in [0.25, 0.3) is 11.1 Å². The summed E-state index contributed by atoms with van der Waals surface area (Å²) in [6.07, 6.45) is 4.25. The summed E-state index contributed by atoms with van der Waals surface area (Å²) in [5.74, 6) is -0.399. The predicted molar refractivity (Wildman–Crippen MR) is 117 cm³/mol. The zero-order valence-corrected chi connectivity index (χ0v) is 18.4. The fourth-order valence-corrected chi connectivity index (χ4v) is 4.12. The van der Waals surface area contributed by atoms with E-state index in [4.69, 9.17) is 23.2 Å². The topological polar surface area (TPSA) is 95.6 Å². The Hall–Kier alpha value is -2.03. The van der Waals surface area contributed by atoms with E-state index in [1.807, 2.05) is 0 Å². The van der Waals surface area contributed by atoms with Gasteiger partial charge in [-0.25, -0.2) is 0 Å². The molecule has 7 nitrogen and oxygen atoms in total. The Morgan fingerprint density at radius 3 is 2.63 bits per heavy atom. The molecule has 0 spiro atoms. The monoisotopic (exact) mass is 469 g/mol. The van der Waals surface area contributed by atoms with Crippen molar-refractivity contribution < 1.29 is 19.2 Å². The molecule has 2 aliphatic rings. The third kappa shape index (κ3) is 6.23. The highest BCUT2D eigenvalue weighted by Gasteiger charge is 2.34. The fraction of sp³-hybridized carbons (Fsp3) is 0.400. The Morgan fingerprint density at radius 1 is 1.17 bits per heavy atom. The largest absolute Gasteiger partial charge is 0.356 e. The Kier molecular flexibility index (Phi) is 7.80. The lowest BCUT2D eigenvalue weighted by molar-refractivity contribution is -0.124. The maximum atomic E-state index is 12.5. The minimum Gasteiger partial charge on any atom is -0.356 e. The van der Waals surface area contributed by atoms with Crippen molar-refractivity contribution in [3.8, 4) is 0 Å². The highest BCUT2D eigenvalue weighted by molar-refractivity contribution is 8.18. The highest BCUT2D eigenvalue weighted by Crippen LogP contribution is 2.33. The first-order valence-electron chi connectivity index (χ1n) is 9.60. The van der Waals surface area contributed by atoms with E-state index in [0.717, 1.165) is 29.5 Å². The van der Waals surface area contributed by atoms with Crippen LogP contribution in [0.25, 0.3) is 6.08 Å².